The van der Waals surface area contributed by atoms with Crippen molar-refractivity contribution in [3.63, 3.8) is 0 Å². The van der Waals surface area contributed by atoms with Gasteiger partial charge in [-0.15, -0.1) is 11.6 Å². The minimum Gasteiger partial charge on any atom is -0.372 e. The van der Waals surface area contributed by atoms with Crippen LogP contribution in [0, 0.1) is 0 Å². The Morgan fingerprint density at radius 3 is 1.73 bits per heavy atom. The molecule has 1 unspecified atom stereocenters. The minimum atomic E-state index is 0.400. The Morgan fingerprint density at radius 1 is 1.36 bits per heavy atom. The molecule has 3 heteroatoms. The molecule has 0 aliphatic carbocycles. The highest BCUT2D eigenvalue weighted by Gasteiger charge is 2.19. The lowest BCUT2D eigenvalue weighted by Crippen LogP contribution is -1.80. The molecule has 1 aliphatic rings. The normalized spacial score (nSPS) is 18.8. The first-order valence-corrected chi connectivity index (χ1v) is 4.63. The van der Waals surface area contributed by atoms with E-state index in [0.717, 1.165) is 6.61 Å². The van der Waals surface area contributed by atoms with Gasteiger partial charge in [0.1, 0.15) is 0 Å². The van der Waals surface area contributed by atoms with Gasteiger partial charge in [-0.05, 0) is 7.05 Å². The van der Waals surface area contributed by atoms with Crippen LogP contribution in [0.1, 0.15) is 26.7 Å². The van der Waals surface area contributed by atoms with Crippen molar-refractivity contribution in [3.8, 4) is 0 Å². The van der Waals surface area contributed by atoms with Crippen molar-refractivity contribution in [1.82, 2.24) is 0 Å². The van der Waals surface area contributed by atoms with E-state index < -0.39 is 0 Å². The number of epoxide rings is 1. The van der Waals surface area contributed by atoms with Crippen LogP contribution in [0.4, 0.5) is 0 Å². The third kappa shape index (κ3) is 17.8. The monoisotopic (exact) mass is 181 g/mol. The number of ether oxygens (including phenoxy) is 1. The molecule has 0 radical (unpaired) electrons. The van der Waals surface area contributed by atoms with E-state index in [4.69, 9.17) is 16.3 Å². The van der Waals surface area contributed by atoms with Gasteiger partial charge in [-0.25, -0.2) is 0 Å². The van der Waals surface area contributed by atoms with E-state index >= 15 is 0 Å². The molecule has 2 N–H and O–H groups in total. The van der Waals surface area contributed by atoms with Crippen molar-refractivity contribution in [2.75, 3.05) is 19.5 Å². The van der Waals surface area contributed by atoms with Crippen LogP contribution < -0.4 is 5.73 Å². The zero-order valence-corrected chi connectivity index (χ0v) is 8.53. The molecule has 1 rings (SSSR count). The molecule has 0 saturated carbocycles. The maximum Gasteiger partial charge on any atom is 0.0944 e. The van der Waals surface area contributed by atoms with Gasteiger partial charge in [-0.2, -0.15) is 0 Å². The van der Waals surface area contributed by atoms with Crippen LogP contribution in [-0.4, -0.2) is 25.6 Å². The van der Waals surface area contributed by atoms with Crippen molar-refractivity contribution < 1.29 is 4.74 Å². The summed E-state index contributed by atoms with van der Waals surface area (Å²) in [5.74, 6) is 0.667. The highest BCUT2D eigenvalue weighted by molar-refractivity contribution is 6.18. The Morgan fingerprint density at radius 2 is 1.73 bits per heavy atom. The molecule has 0 amide bonds. The van der Waals surface area contributed by atoms with Crippen LogP contribution in [0.3, 0.4) is 0 Å². The van der Waals surface area contributed by atoms with Gasteiger partial charge < -0.3 is 10.5 Å². The molecule has 1 aliphatic heterocycles. The predicted molar refractivity (Wildman–Crippen MR) is 51.2 cm³/mol. The Balaban J connectivity index is 0. The smallest absolute Gasteiger partial charge is 0.0944 e. The van der Waals surface area contributed by atoms with Gasteiger partial charge in [0, 0.05) is 0 Å². The molecule has 0 aromatic rings. The molecule has 1 saturated heterocycles. The largest absolute Gasteiger partial charge is 0.372 e. The summed E-state index contributed by atoms with van der Waals surface area (Å²) in [7, 11) is 1.50. The third-order valence-corrected chi connectivity index (χ3v) is 1.42. The summed E-state index contributed by atoms with van der Waals surface area (Å²) < 4.78 is 4.73. The second-order valence-corrected chi connectivity index (χ2v) is 2.42. The molecule has 0 aromatic heterocycles. The van der Waals surface area contributed by atoms with Gasteiger partial charge in [-0.3, -0.25) is 0 Å². The lowest BCUT2D eigenvalue weighted by molar-refractivity contribution is 0.425. The number of hydrogen-bond donors (Lipinski definition) is 1. The van der Waals surface area contributed by atoms with E-state index in [0.29, 0.717) is 12.0 Å². The zero-order chi connectivity index (χ0) is 9.11. The summed E-state index contributed by atoms with van der Waals surface area (Å²) in [6, 6.07) is 0. The lowest BCUT2D eigenvalue weighted by Gasteiger charge is -1.68. The van der Waals surface area contributed by atoms with Crippen molar-refractivity contribution in [3.05, 3.63) is 0 Å². The summed E-state index contributed by atoms with van der Waals surface area (Å²) >= 11 is 5.27. The Bertz CT molecular complexity index is 56.1. The maximum atomic E-state index is 5.27. The van der Waals surface area contributed by atoms with E-state index in [-0.39, 0.29) is 0 Å². The second-order valence-electron chi connectivity index (χ2n) is 2.11. The topological polar surface area (TPSA) is 38.5 Å². The third-order valence-electron chi connectivity index (χ3n) is 1.07. The summed E-state index contributed by atoms with van der Waals surface area (Å²) in [6.45, 7) is 5.24. The van der Waals surface area contributed by atoms with Gasteiger partial charge in [0.2, 0.25) is 0 Å². The van der Waals surface area contributed by atoms with Crippen LogP contribution in [0.2, 0.25) is 0 Å². The standard InChI is InChI=1S/C4H10.C3H5ClO.CH5N/c1-3-4-2;4-1-3-2-5-3;1-2/h3-4H2,1-2H3;3H,1-2H2;2H2,1H3. The number of hydrogen-bond acceptors (Lipinski definition) is 2. The SMILES string of the molecule is CCCC.CN.ClCC1CO1. The summed E-state index contributed by atoms with van der Waals surface area (Å²) in [5, 5.41) is 0. The predicted octanol–water partition coefficient (Wildman–Crippen LogP) is 2.01. The number of alkyl halides is 1. The molecule has 1 heterocycles. The van der Waals surface area contributed by atoms with Crippen molar-refractivity contribution in [2.45, 2.75) is 32.8 Å². The molecule has 0 aromatic carbocycles. The molecule has 0 bridgehead atoms. The van der Waals surface area contributed by atoms with Crippen LogP contribution >= 0.6 is 11.6 Å². The molecule has 1 fully saturated rings. The Labute approximate surface area is 75.1 Å². The lowest BCUT2D eigenvalue weighted by atomic mass is 10.4. The second kappa shape index (κ2) is 12.8. The average Bonchev–Trinajstić information content (AvgIpc) is 2.91. The first-order valence-electron chi connectivity index (χ1n) is 4.10. The fourth-order valence-corrected chi connectivity index (χ4v) is 0.335. The number of rotatable bonds is 2. The first kappa shape index (κ1) is 13.8. The number of halogens is 1. The summed E-state index contributed by atoms with van der Waals surface area (Å²) in [6.07, 6.45) is 3.04. The quantitative estimate of drug-likeness (QED) is 0.523. The highest BCUT2D eigenvalue weighted by atomic mass is 35.5. The zero-order valence-electron chi connectivity index (χ0n) is 7.77. The highest BCUT2D eigenvalue weighted by Crippen LogP contribution is 2.08. The van der Waals surface area contributed by atoms with E-state index in [1.54, 1.807) is 0 Å². The van der Waals surface area contributed by atoms with Gasteiger partial charge in [0.25, 0.3) is 0 Å². The van der Waals surface area contributed by atoms with Crippen molar-refractivity contribution >= 4 is 11.6 Å². The molecular weight excluding hydrogens is 162 g/mol. The van der Waals surface area contributed by atoms with E-state index in [2.05, 4.69) is 19.6 Å². The van der Waals surface area contributed by atoms with E-state index in [9.17, 15) is 0 Å². The van der Waals surface area contributed by atoms with Gasteiger partial charge in [0.05, 0.1) is 18.6 Å². The van der Waals surface area contributed by atoms with Crippen LogP contribution in [0.25, 0.3) is 0 Å². The van der Waals surface area contributed by atoms with Gasteiger partial charge in [0.15, 0.2) is 0 Å². The average molecular weight is 182 g/mol. The number of unbranched alkanes of at least 4 members (excludes halogenated alkanes) is 1. The molecule has 1 atom stereocenters. The Kier molecular flexibility index (Phi) is 16.1. The molecular formula is C8H20ClNO. The molecule has 70 valence electrons. The van der Waals surface area contributed by atoms with E-state index in [1.165, 1.54) is 19.9 Å². The molecule has 2 nitrogen and oxygen atoms in total. The minimum absolute atomic E-state index is 0.400. The summed E-state index contributed by atoms with van der Waals surface area (Å²) in [4.78, 5) is 0. The molecule has 11 heavy (non-hydrogen) atoms. The number of nitrogens with two attached hydrogens (primary N) is 1. The maximum absolute atomic E-state index is 5.27. The van der Waals surface area contributed by atoms with Crippen molar-refractivity contribution in [2.24, 2.45) is 5.73 Å². The van der Waals surface area contributed by atoms with E-state index in [1.807, 2.05) is 0 Å². The van der Waals surface area contributed by atoms with Gasteiger partial charge in [-0.1, -0.05) is 26.7 Å². The molecule has 0 spiro atoms. The summed E-state index contributed by atoms with van der Waals surface area (Å²) in [5.41, 5.74) is 4.50. The van der Waals surface area contributed by atoms with Crippen LogP contribution in [0.5, 0.6) is 0 Å². The van der Waals surface area contributed by atoms with Gasteiger partial charge >= 0.3 is 0 Å². The fraction of sp³-hybridized carbons (Fsp3) is 1.00. The fourth-order valence-electron chi connectivity index (χ4n) is 0.157. The van der Waals surface area contributed by atoms with Crippen LogP contribution in [-0.2, 0) is 4.74 Å². The first-order chi connectivity index (χ1) is 5.35. The van der Waals surface area contributed by atoms with Crippen LogP contribution in [0.15, 0.2) is 0 Å². The Hall–Kier alpha value is 0.210. The van der Waals surface area contributed by atoms with Crippen molar-refractivity contribution in [1.29, 1.82) is 0 Å².